The van der Waals surface area contributed by atoms with Gasteiger partial charge in [0.2, 0.25) is 0 Å². The van der Waals surface area contributed by atoms with Crippen LogP contribution in [-0.2, 0) is 13.5 Å². The van der Waals surface area contributed by atoms with Gasteiger partial charge in [-0.05, 0) is 12.5 Å². The van der Waals surface area contributed by atoms with Crippen LogP contribution in [0.5, 0.6) is 0 Å². The van der Waals surface area contributed by atoms with Gasteiger partial charge in [-0.2, -0.15) is 5.10 Å². The summed E-state index contributed by atoms with van der Waals surface area (Å²) in [7, 11) is 1.90. The highest BCUT2D eigenvalue weighted by Crippen LogP contribution is 2.16. The second-order valence-corrected chi connectivity index (χ2v) is 4.50. The van der Waals surface area contributed by atoms with Crippen LogP contribution in [-0.4, -0.2) is 19.7 Å². The third kappa shape index (κ3) is 3.00. The average molecular weight is 248 g/mol. The summed E-state index contributed by atoms with van der Waals surface area (Å²) in [5.41, 5.74) is 2.03. The zero-order chi connectivity index (χ0) is 12.3. The van der Waals surface area contributed by atoms with Crippen molar-refractivity contribution in [3.05, 3.63) is 28.9 Å². The summed E-state index contributed by atoms with van der Waals surface area (Å²) in [5, 5.41) is 4.16. The molecule has 2 aromatic rings. The lowest BCUT2D eigenvalue weighted by Crippen LogP contribution is -1.97. The number of nitrogens with zero attached hydrogens (tertiary/aromatic N) is 3. The van der Waals surface area contributed by atoms with E-state index in [-0.39, 0.29) is 0 Å². The first-order valence-electron chi connectivity index (χ1n) is 5.78. The second kappa shape index (κ2) is 5.23. The topological polar surface area (TPSA) is 46.5 Å². The number of nitrogens with one attached hydrogen (secondary N) is 1. The maximum Gasteiger partial charge on any atom is 0.130 e. The molecule has 0 spiro atoms. The number of hydrogen-bond acceptors (Lipinski definition) is 3. The van der Waals surface area contributed by atoms with Gasteiger partial charge in [0.25, 0.3) is 0 Å². The summed E-state index contributed by atoms with van der Waals surface area (Å²) in [4.78, 5) is 7.65. The third-order valence-electron chi connectivity index (χ3n) is 2.57. The molecule has 2 rings (SSSR count). The first-order chi connectivity index (χ1) is 8.19. The third-order valence-corrected chi connectivity index (χ3v) is 2.78. The Labute approximate surface area is 106 Å². The van der Waals surface area contributed by atoms with Gasteiger partial charge in [-0.3, -0.25) is 4.68 Å². The molecule has 17 heavy (non-hydrogen) atoms. The Morgan fingerprint density at radius 3 is 2.94 bits per heavy atom. The van der Waals surface area contributed by atoms with Crippen molar-refractivity contribution in [3.8, 4) is 11.3 Å². The van der Waals surface area contributed by atoms with Gasteiger partial charge in [-0.25, -0.2) is 4.98 Å². The van der Waals surface area contributed by atoms with Crippen molar-refractivity contribution in [2.45, 2.75) is 26.2 Å². The van der Waals surface area contributed by atoms with Crippen LogP contribution in [0.4, 0.5) is 0 Å². The van der Waals surface area contributed by atoms with Crippen molar-refractivity contribution in [2.75, 3.05) is 0 Å². The number of unbranched alkanes of at least 4 members (excludes halogenated alkanes) is 1. The van der Waals surface area contributed by atoms with Crippen LogP contribution in [0.1, 0.15) is 25.6 Å². The Kier molecular flexibility index (Phi) is 3.68. The first kappa shape index (κ1) is 12.0. The number of rotatable bonds is 4. The number of H-pyrrole nitrogens is 1. The van der Waals surface area contributed by atoms with E-state index < -0.39 is 0 Å². The molecule has 0 fully saturated rings. The van der Waals surface area contributed by atoms with Crippen molar-refractivity contribution in [1.29, 1.82) is 0 Å². The van der Waals surface area contributed by atoms with Crippen LogP contribution >= 0.6 is 12.2 Å². The van der Waals surface area contributed by atoms with Crippen molar-refractivity contribution in [1.82, 2.24) is 19.7 Å². The Morgan fingerprint density at radius 1 is 1.47 bits per heavy atom. The molecule has 0 aliphatic rings. The monoisotopic (exact) mass is 248 g/mol. The molecular formula is C12H16N4S. The molecule has 0 bridgehead atoms. The fourth-order valence-corrected chi connectivity index (χ4v) is 1.91. The van der Waals surface area contributed by atoms with E-state index in [1.54, 1.807) is 4.68 Å². The molecule has 0 saturated carbocycles. The van der Waals surface area contributed by atoms with Gasteiger partial charge >= 0.3 is 0 Å². The Balaban J connectivity index is 2.34. The normalized spacial score (nSPS) is 10.7. The molecule has 90 valence electrons. The predicted octanol–water partition coefficient (Wildman–Crippen LogP) is 2.88. The Bertz CT molecular complexity index is 556. The standard InChI is InChI=1S/C12H16N4S/c1-3-4-5-11-14-10(6-12(17)15-11)9-7-13-16(2)8-9/h6-8H,3-5H2,1-2H3,(H,14,15,17). The summed E-state index contributed by atoms with van der Waals surface area (Å²) >= 11 is 5.19. The van der Waals surface area contributed by atoms with Crippen LogP contribution in [0.3, 0.4) is 0 Å². The molecule has 0 radical (unpaired) electrons. The minimum Gasteiger partial charge on any atom is -0.343 e. The molecule has 0 unspecified atom stereocenters. The van der Waals surface area contributed by atoms with Crippen molar-refractivity contribution < 1.29 is 0 Å². The fourth-order valence-electron chi connectivity index (χ4n) is 1.69. The number of hydrogen-bond donors (Lipinski definition) is 1. The molecule has 2 heterocycles. The van der Waals surface area contributed by atoms with Gasteiger partial charge in [0.1, 0.15) is 10.5 Å². The Morgan fingerprint density at radius 2 is 2.29 bits per heavy atom. The largest absolute Gasteiger partial charge is 0.343 e. The summed E-state index contributed by atoms with van der Waals surface area (Å²) in [5.74, 6) is 0.957. The summed E-state index contributed by atoms with van der Waals surface area (Å²) in [6.07, 6.45) is 7.00. The average Bonchev–Trinajstić information content (AvgIpc) is 2.72. The molecule has 0 aliphatic carbocycles. The second-order valence-electron chi connectivity index (χ2n) is 4.09. The van der Waals surface area contributed by atoms with Gasteiger partial charge in [0.15, 0.2) is 0 Å². The SMILES string of the molecule is CCCCc1nc(=S)cc(-c2cnn(C)c2)[nH]1. The van der Waals surface area contributed by atoms with Crippen LogP contribution in [0.25, 0.3) is 11.3 Å². The maximum absolute atomic E-state index is 5.19. The van der Waals surface area contributed by atoms with E-state index in [4.69, 9.17) is 12.2 Å². The lowest BCUT2D eigenvalue weighted by molar-refractivity contribution is 0.751. The molecule has 1 N–H and O–H groups in total. The van der Waals surface area contributed by atoms with E-state index in [1.807, 2.05) is 25.5 Å². The van der Waals surface area contributed by atoms with Gasteiger partial charge in [0, 0.05) is 25.2 Å². The van der Waals surface area contributed by atoms with Gasteiger partial charge in [-0.15, -0.1) is 0 Å². The van der Waals surface area contributed by atoms with Gasteiger partial charge < -0.3 is 4.98 Å². The number of aromatic nitrogens is 4. The highest BCUT2D eigenvalue weighted by molar-refractivity contribution is 7.71. The highest BCUT2D eigenvalue weighted by Gasteiger charge is 2.03. The van der Waals surface area contributed by atoms with Gasteiger partial charge in [0.05, 0.1) is 11.9 Å². The minimum absolute atomic E-state index is 0.633. The predicted molar refractivity (Wildman–Crippen MR) is 70.2 cm³/mol. The van der Waals surface area contributed by atoms with E-state index in [0.29, 0.717) is 4.64 Å². The molecule has 0 atom stereocenters. The maximum atomic E-state index is 5.19. The zero-order valence-electron chi connectivity index (χ0n) is 10.1. The van der Waals surface area contributed by atoms with E-state index >= 15 is 0 Å². The highest BCUT2D eigenvalue weighted by atomic mass is 32.1. The van der Waals surface area contributed by atoms with Crippen LogP contribution in [0.2, 0.25) is 0 Å². The van der Waals surface area contributed by atoms with E-state index in [2.05, 4.69) is 22.0 Å². The van der Waals surface area contributed by atoms with Crippen LogP contribution < -0.4 is 0 Å². The molecule has 0 aromatic carbocycles. The molecule has 2 aromatic heterocycles. The first-order valence-corrected chi connectivity index (χ1v) is 6.19. The zero-order valence-corrected chi connectivity index (χ0v) is 10.9. The fraction of sp³-hybridized carbons (Fsp3) is 0.417. The Hall–Kier alpha value is -1.49. The van der Waals surface area contributed by atoms with Crippen molar-refractivity contribution in [2.24, 2.45) is 7.05 Å². The molecular weight excluding hydrogens is 232 g/mol. The summed E-state index contributed by atoms with van der Waals surface area (Å²) in [6.45, 7) is 2.17. The summed E-state index contributed by atoms with van der Waals surface area (Å²) < 4.78 is 2.41. The minimum atomic E-state index is 0.633. The lowest BCUT2D eigenvalue weighted by atomic mass is 10.2. The van der Waals surface area contributed by atoms with Gasteiger partial charge in [-0.1, -0.05) is 25.6 Å². The molecule has 0 amide bonds. The number of aromatic amines is 1. The quantitative estimate of drug-likeness (QED) is 0.846. The summed E-state index contributed by atoms with van der Waals surface area (Å²) in [6, 6.07) is 1.88. The molecule has 0 aliphatic heterocycles. The molecule has 0 saturated heterocycles. The molecule has 4 nitrogen and oxygen atoms in total. The lowest BCUT2D eigenvalue weighted by Gasteiger charge is -2.03. The van der Waals surface area contributed by atoms with Crippen molar-refractivity contribution in [3.63, 3.8) is 0 Å². The van der Waals surface area contributed by atoms with E-state index in [1.165, 1.54) is 0 Å². The van der Waals surface area contributed by atoms with Crippen LogP contribution in [0, 0.1) is 4.64 Å². The van der Waals surface area contributed by atoms with E-state index in [0.717, 1.165) is 36.3 Å². The van der Waals surface area contributed by atoms with Crippen LogP contribution in [0.15, 0.2) is 18.5 Å². The molecule has 5 heteroatoms. The van der Waals surface area contributed by atoms with E-state index in [9.17, 15) is 0 Å². The smallest absolute Gasteiger partial charge is 0.130 e. The van der Waals surface area contributed by atoms with Crippen molar-refractivity contribution >= 4 is 12.2 Å². The number of aryl methyl sites for hydroxylation is 2.